The molecule has 138 valence electrons. The fraction of sp³-hybridized carbons (Fsp3) is 0.429. The van der Waals surface area contributed by atoms with E-state index in [0.717, 1.165) is 23.5 Å². The van der Waals surface area contributed by atoms with E-state index < -0.39 is 0 Å². The van der Waals surface area contributed by atoms with E-state index in [4.69, 9.17) is 4.74 Å². The van der Waals surface area contributed by atoms with Gasteiger partial charge >= 0.3 is 0 Å². The largest absolute Gasteiger partial charge is 0.481 e. The van der Waals surface area contributed by atoms with E-state index in [1.54, 1.807) is 14.0 Å². The zero-order valence-electron chi connectivity index (χ0n) is 16.1. The molecule has 0 bridgehead atoms. The van der Waals surface area contributed by atoms with Gasteiger partial charge in [0.05, 0.1) is 13.2 Å². The van der Waals surface area contributed by atoms with Crippen molar-refractivity contribution < 1.29 is 9.53 Å². The number of hydrogen-bond acceptors (Lipinski definition) is 4. The summed E-state index contributed by atoms with van der Waals surface area (Å²) in [6.45, 7) is 8.07. The normalized spacial score (nSPS) is 21.9. The second-order valence-corrected chi connectivity index (χ2v) is 6.97. The highest BCUT2D eigenvalue weighted by molar-refractivity contribution is 5.94. The van der Waals surface area contributed by atoms with Gasteiger partial charge in [0.15, 0.2) is 0 Å². The Hall–Kier alpha value is -2.56. The number of hydrogen-bond donors (Lipinski definition) is 1. The number of aromatic nitrogens is 1. The maximum atomic E-state index is 12.4. The van der Waals surface area contributed by atoms with E-state index in [2.05, 4.69) is 49.3 Å². The van der Waals surface area contributed by atoms with Gasteiger partial charge in [0.25, 0.3) is 0 Å². The van der Waals surface area contributed by atoms with Crippen LogP contribution in [-0.4, -0.2) is 24.0 Å². The summed E-state index contributed by atoms with van der Waals surface area (Å²) in [5.41, 5.74) is 3.32. The maximum absolute atomic E-state index is 12.4. The topological polar surface area (TPSA) is 54.5 Å². The van der Waals surface area contributed by atoms with E-state index in [1.807, 2.05) is 23.1 Å². The van der Waals surface area contributed by atoms with Gasteiger partial charge in [0.2, 0.25) is 11.8 Å². The molecule has 1 aliphatic rings. The lowest BCUT2D eigenvalue weighted by molar-refractivity contribution is -0.117. The molecule has 1 amide bonds. The molecule has 3 rings (SSSR count). The summed E-state index contributed by atoms with van der Waals surface area (Å²) in [7, 11) is 1.62. The number of fused-ring (bicyclic) bond motifs is 1. The Labute approximate surface area is 155 Å². The van der Waals surface area contributed by atoms with E-state index >= 15 is 0 Å². The molecule has 0 saturated heterocycles. The van der Waals surface area contributed by atoms with Gasteiger partial charge in [-0.1, -0.05) is 37.6 Å². The molecular weight excluding hydrogens is 326 g/mol. The number of pyridine rings is 1. The van der Waals surface area contributed by atoms with Gasteiger partial charge in [-0.05, 0) is 31.0 Å². The lowest BCUT2D eigenvalue weighted by Crippen LogP contribution is -2.49. The van der Waals surface area contributed by atoms with Crippen LogP contribution in [0.25, 0.3) is 0 Å². The Kier molecular flexibility index (Phi) is 5.16. The smallest absolute Gasteiger partial charge is 0.224 e. The average molecular weight is 353 g/mol. The van der Waals surface area contributed by atoms with Crippen LogP contribution in [0, 0.1) is 12.8 Å². The second-order valence-electron chi connectivity index (χ2n) is 6.97. The van der Waals surface area contributed by atoms with Gasteiger partial charge < -0.3 is 15.0 Å². The zero-order chi connectivity index (χ0) is 18.8. The number of nitrogens with one attached hydrogen (secondary N) is 1. The number of ether oxygens (including phenoxy) is 1. The van der Waals surface area contributed by atoms with Crippen LogP contribution in [-0.2, 0) is 4.79 Å². The van der Waals surface area contributed by atoms with E-state index in [0.29, 0.717) is 5.88 Å². The molecule has 1 unspecified atom stereocenters. The fourth-order valence-corrected chi connectivity index (χ4v) is 4.00. The monoisotopic (exact) mass is 353 g/mol. The Balaban J connectivity index is 2.07. The van der Waals surface area contributed by atoms with Crippen LogP contribution in [0.15, 0.2) is 36.4 Å². The summed E-state index contributed by atoms with van der Waals surface area (Å²) >= 11 is 0. The third-order valence-electron chi connectivity index (χ3n) is 5.24. The Morgan fingerprint density at radius 2 is 2.08 bits per heavy atom. The summed E-state index contributed by atoms with van der Waals surface area (Å²) < 4.78 is 5.25. The third kappa shape index (κ3) is 3.26. The van der Waals surface area contributed by atoms with Crippen LogP contribution in [0.3, 0.4) is 0 Å². The number of anilines is 2. The van der Waals surface area contributed by atoms with Crippen molar-refractivity contribution in [2.75, 3.05) is 17.3 Å². The van der Waals surface area contributed by atoms with Crippen LogP contribution in [0.1, 0.15) is 44.4 Å². The first-order valence-electron chi connectivity index (χ1n) is 9.14. The maximum Gasteiger partial charge on any atom is 0.224 e. The zero-order valence-corrected chi connectivity index (χ0v) is 16.1. The molecular formula is C21H27N3O2. The number of aryl methyl sites for hydroxylation is 1. The molecule has 2 aromatic rings. The summed E-state index contributed by atoms with van der Waals surface area (Å²) in [6, 6.07) is 12.2. The highest BCUT2D eigenvalue weighted by Gasteiger charge is 2.39. The van der Waals surface area contributed by atoms with Crippen LogP contribution in [0.2, 0.25) is 0 Å². The minimum Gasteiger partial charge on any atom is -0.481 e. The molecule has 26 heavy (non-hydrogen) atoms. The van der Waals surface area contributed by atoms with Gasteiger partial charge in [0, 0.05) is 30.6 Å². The molecule has 5 heteroatoms. The van der Waals surface area contributed by atoms with Crippen molar-refractivity contribution in [3.05, 3.63) is 47.5 Å². The van der Waals surface area contributed by atoms with Crippen LogP contribution < -0.4 is 15.0 Å². The van der Waals surface area contributed by atoms with Crippen LogP contribution in [0.5, 0.6) is 5.88 Å². The number of carbonyl (C=O) groups excluding carboxylic acids is 1. The summed E-state index contributed by atoms with van der Waals surface area (Å²) in [5, 5.41) is 3.58. The number of carbonyl (C=O) groups is 1. The van der Waals surface area contributed by atoms with E-state index in [1.165, 1.54) is 5.56 Å². The van der Waals surface area contributed by atoms with Crippen molar-refractivity contribution >= 4 is 17.4 Å². The first-order valence-corrected chi connectivity index (χ1v) is 9.14. The lowest BCUT2D eigenvalue weighted by Gasteiger charge is -2.45. The molecule has 0 fully saturated rings. The fourth-order valence-electron chi connectivity index (χ4n) is 4.00. The highest BCUT2D eigenvalue weighted by Crippen LogP contribution is 2.43. The first kappa shape index (κ1) is 18.2. The summed E-state index contributed by atoms with van der Waals surface area (Å²) in [6.07, 6.45) is 0.901. The number of amides is 1. The van der Waals surface area contributed by atoms with E-state index in [-0.39, 0.29) is 23.9 Å². The Morgan fingerprint density at radius 1 is 1.31 bits per heavy atom. The average Bonchev–Trinajstić information content (AvgIpc) is 2.63. The molecule has 1 aromatic carbocycles. The van der Waals surface area contributed by atoms with Crippen molar-refractivity contribution in [2.45, 2.75) is 46.2 Å². The quantitative estimate of drug-likeness (QED) is 0.889. The Morgan fingerprint density at radius 3 is 2.73 bits per heavy atom. The Bertz CT molecular complexity index is 806. The van der Waals surface area contributed by atoms with Crippen molar-refractivity contribution in [3.63, 3.8) is 0 Å². The van der Waals surface area contributed by atoms with Gasteiger partial charge in [-0.2, -0.15) is 4.98 Å². The lowest BCUT2D eigenvalue weighted by atomic mass is 9.80. The predicted octanol–water partition coefficient (Wildman–Crippen LogP) is 4.33. The van der Waals surface area contributed by atoms with Crippen molar-refractivity contribution in [2.24, 2.45) is 5.92 Å². The summed E-state index contributed by atoms with van der Waals surface area (Å²) in [4.78, 5) is 18.8. The van der Waals surface area contributed by atoms with Crippen molar-refractivity contribution in [1.29, 1.82) is 0 Å². The van der Waals surface area contributed by atoms with Gasteiger partial charge in [-0.15, -0.1) is 0 Å². The molecule has 1 aromatic heterocycles. The molecule has 2 heterocycles. The third-order valence-corrected chi connectivity index (χ3v) is 5.24. The number of methoxy groups -OCH3 is 1. The molecule has 1 N–H and O–H groups in total. The summed E-state index contributed by atoms with van der Waals surface area (Å²) in [5.74, 6) is 1.69. The number of nitrogens with zero attached hydrogens (tertiary/aromatic N) is 2. The molecule has 1 aliphatic heterocycles. The highest BCUT2D eigenvalue weighted by atomic mass is 16.5. The minimum absolute atomic E-state index is 0.0741. The first-order chi connectivity index (χ1) is 12.5. The van der Waals surface area contributed by atoms with E-state index in [9.17, 15) is 4.79 Å². The van der Waals surface area contributed by atoms with Crippen molar-refractivity contribution in [1.82, 2.24) is 4.98 Å². The molecule has 0 spiro atoms. The molecule has 0 aliphatic carbocycles. The molecule has 0 saturated carbocycles. The van der Waals surface area contributed by atoms with Crippen LogP contribution >= 0.6 is 0 Å². The standard InChI is InChI=1S/C21H27N3O2/c1-6-17-14(3)21(23-19-8-7-9-20(22-19)26-5)16-12-13(2)10-11-18(16)24(17)15(4)25/h7-12,14,17,21H,6H2,1-5H3,(H,22,23)/t14-,17-,21?/m0/s1. The SMILES string of the molecule is CC[C@H]1[C@H](C)C(Nc2cccc(OC)n2)c2cc(C)ccc2N1C(C)=O. The van der Waals surface area contributed by atoms with Gasteiger partial charge in [0.1, 0.15) is 5.82 Å². The molecule has 3 atom stereocenters. The number of rotatable bonds is 4. The molecule has 5 nitrogen and oxygen atoms in total. The van der Waals surface area contributed by atoms with Gasteiger partial charge in [-0.3, -0.25) is 4.79 Å². The van der Waals surface area contributed by atoms with Crippen LogP contribution in [0.4, 0.5) is 11.5 Å². The van der Waals surface area contributed by atoms with Gasteiger partial charge in [-0.25, -0.2) is 0 Å². The second kappa shape index (κ2) is 7.36. The number of benzene rings is 1. The van der Waals surface area contributed by atoms with Crippen molar-refractivity contribution in [3.8, 4) is 5.88 Å². The molecule has 0 radical (unpaired) electrons. The minimum atomic E-state index is 0.0741. The predicted molar refractivity (Wildman–Crippen MR) is 105 cm³/mol.